The minimum absolute atomic E-state index is 0.0552. The number of anilines is 1. The zero-order valence-electron chi connectivity index (χ0n) is 11.2. The first-order valence-corrected chi connectivity index (χ1v) is 7.07. The fourth-order valence-electron chi connectivity index (χ4n) is 1.52. The van der Waals surface area contributed by atoms with E-state index >= 15 is 0 Å². The maximum atomic E-state index is 11.2. The van der Waals surface area contributed by atoms with Crippen LogP contribution in [0, 0.1) is 11.3 Å². The van der Waals surface area contributed by atoms with Crippen LogP contribution in [0.25, 0.3) is 0 Å². The summed E-state index contributed by atoms with van der Waals surface area (Å²) < 4.78 is 0. The Bertz CT molecular complexity index is 527. The molecule has 1 amide bonds. The van der Waals surface area contributed by atoms with Crippen molar-refractivity contribution >= 4 is 23.4 Å². The van der Waals surface area contributed by atoms with E-state index in [9.17, 15) is 4.79 Å². The number of hydrogen-bond acceptors (Lipinski definition) is 4. The van der Waals surface area contributed by atoms with Gasteiger partial charge in [0.15, 0.2) is 0 Å². The minimum atomic E-state index is -0.724. The van der Waals surface area contributed by atoms with Crippen molar-refractivity contribution in [3.63, 3.8) is 0 Å². The number of rotatable bonds is 5. The SMILES string of the molecule is CS/C(Nc1ccc(C(C)C)cc1)=C(/C#N)C(N)=O. The topological polar surface area (TPSA) is 78.9 Å². The first kappa shape index (κ1) is 15.1. The molecule has 0 aliphatic carbocycles. The van der Waals surface area contributed by atoms with E-state index in [-0.39, 0.29) is 5.57 Å². The number of carbonyl (C=O) groups is 1. The Morgan fingerprint density at radius 2 is 1.95 bits per heavy atom. The molecule has 0 heterocycles. The molecular weight excluding hydrogens is 258 g/mol. The van der Waals surface area contributed by atoms with Crippen LogP contribution in [0.2, 0.25) is 0 Å². The van der Waals surface area contributed by atoms with Crippen molar-refractivity contribution in [3.05, 3.63) is 40.4 Å². The van der Waals surface area contributed by atoms with Crippen molar-refractivity contribution < 1.29 is 4.79 Å². The van der Waals surface area contributed by atoms with E-state index in [0.717, 1.165) is 5.69 Å². The molecule has 0 radical (unpaired) electrons. The summed E-state index contributed by atoms with van der Waals surface area (Å²) in [7, 11) is 0. The maximum absolute atomic E-state index is 11.2. The van der Waals surface area contributed by atoms with E-state index in [1.54, 1.807) is 6.26 Å². The molecule has 3 N–H and O–H groups in total. The van der Waals surface area contributed by atoms with Crippen LogP contribution in [0.15, 0.2) is 34.9 Å². The number of primary amides is 1. The normalized spacial score (nSPS) is 11.7. The van der Waals surface area contributed by atoms with Gasteiger partial charge >= 0.3 is 0 Å². The summed E-state index contributed by atoms with van der Waals surface area (Å²) in [5.74, 6) is -0.261. The Kier molecular flexibility index (Phi) is 5.46. The molecule has 1 aromatic rings. The van der Waals surface area contributed by atoms with Crippen molar-refractivity contribution in [3.8, 4) is 6.07 Å². The minimum Gasteiger partial charge on any atom is -0.365 e. The van der Waals surface area contributed by atoms with Crippen LogP contribution in [0.4, 0.5) is 5.69 Å². The summed E-state index contributed by atoms with van der Waals surface area (Å²) in [4.78, 5) is 11.2. The summed E-state index contributed by atoms with van der Waals surface area (Å²) in [5, 5.41) is 12.4. The van der Waals surface area contributed by atoms with Crippen LogP contribution in [-0.2, 0) is 4.79 Å². The fourth-order valence-corrected chi connectivity index (χ4v) is 2.09. The second kappa shape index (κ2) is 6.86. The summed E-state index contributed by atoms with van der Waals surface area (Å²) in [5.41, 5.74) is 7.17. The number of thioether (sulfide) groups is 1. The third-order valence-electron chi connectivity index (χ3n) is 2.62. The van der Waals surface area contributed by atoms with Crippen LogP contribution < -0.4 is 11.1 Å². The van der Waals surface area contributed by atoms with Gasteiger partial charge in [0.1, 0.15) is 11.6 Å². The number of benzene rings is 1. The van der Waals surface area contributed by atoms with E-state index in [1.807, 2.05) is 30.3 Å². The molecule has 1 aromatic carbocycles. The Labute approximate surface area is 117 Å². The van der Waals surface area contributed by atoms with Gasteiger partial charge in [-0.1, -0.05) is 26.0 Å². The maximum Gasteiger partial charge on any atom is 0.262 e. The average molecular weight is 275 g/mol. The lowest BCUT2D eigenvalue weighted by atomic mass is 10.0. The van der Waals surface area contributed by atoms with Gasteiger partial charge in [-0.25, -0.2) is 0 Å². The van der Waals surface area contributed by atoms with Gasteiger partial charge in [0.05, 0.1) is 5.03 Å². The van der Waals surface area contributed by atoms with Crippen molar-refractivity contribution in [2.45, 2.75) is 19.8 Å². The summed E-state index contributed by atoms with van der Waals surface area (Å²) in [6.07, 6.45) is 1.78. The average Bonchev–Trinajstić information content (AvgIpc) is 2.38. The highest BCUT2D eigenvalue weighted by molar-refractivity contribution is 8.02. The lowest BCUT2D eigenvalue weighted by molar-refractivity contribution is -0.114. The van der Waals surface area contributed by atoms with Crippen molar-refractivity contribution in [2.75, 3.05) is 11.6 Å². The van der Waals surface area contributed by atoms with Crippen LogP contribution in [-0.4, -0.2) is 12.2 Å². The lowest BCUT2D eigenvalue weighted by Crippen LogP contribution is -2.16. The van der Waals surface area contributed by atoms with Crippen LogP contribution in [0.5, 0.6) is 0 Å². The predicted octanol–water partition coefficient (Wildman–Crippen LogP) is 2.81. The molecule has 0 unspecified atom stereocenters. The highest BCUT2D eigenvalue weighted by atomic mass is 32.2. The number of amides is 1. The number of nitriles is 1. The van der Waals surface area contributed by atoms with Gasteiger partial charge in [-0.05, 0) is 29.9 Å². The van der Waals surface area contributed by atoms with Crippen molar-refractivity contribution in [1.82, 2.24) is 0 Å². The molecule has 0 spiro atoms. The van der Waals surface area contributed by atoms with Gasteiger partial charge in [-0.2, -0.15) is 5.26 Å². The van der Waals surface area contributed by atoms with Gasteiger partial charge < -0.3 is 11.1 Å². The molecule has 0 saturated heterocycles. The third kappa shape index (κ3) is 4.04. The van der Waals surface area contributed by atoms with Crippen LogP contribution >= 0.6 is 11.8 Å². The smallest absolute Gasteiger partial charge is 0.262 e. The van der Waals surface area contributed by atoms with Gasteiger partial charge in [0, 0.05) is 5.69 Å². The first-order valence-electron chi connectivity index (χ1n) is 5.84. The van der Waals surface area contributed by atoms with E-state index in [1.165, 1.54) is 17.3 Å². The second-order valence-corrected chi connectivity index (χ2v) is 5.10. The summed E-state index contributed by atoms with van der Waals surface area (Å²) in [6.45, 7) is 4.24. The third-order valence-corrected chi connectivity index (χ3v) is 3.34. The summed E-state index contributed by atoms with van der Waals surface area (Å²) >= 11 is 1.28. The molecule has 100 valence electrons. The molecule has 19 heavy (non-hydrogen) atoms. The van der Waals surface area contributed by atoms with E-state index in [0.29, 0.717) is 10.9 Å². The number of carbonyl (C=O) groups excluding carboxylic acids is 1. The zero-order chi connectivity index (χ0) is 14.4. The fraction of sp³-hybridized carbons (Fsp3) is 0.286. The highest BCUT2D eigenvalue weighted by Gasteiger charge is 2.12. The van der Waals surface area contributed by atoms with E-state index < -0.39 is 5.91 Å². The van der Waals surface area contributed by atoms with Gasteiger partial charge in [0.25, 0.3) is 5.91 Å². The molecule has 0 saturated carbocycles. The largest absolute Gasteiger partial charge is 0.365 e. The summed E-state index contributed by atoms with van der Waals surface area (Å²) in [6, 6.07) is 9.69. The zero-order valence-corrected chi connectivity index (χ0v) is 12.0. The van der Waals surface area contributed by atoms with Gasteiger partial charge in [-0.3, -0.25) is 4.79 Å². The lowest BCUT2D eigenvalue weighted by Gasteiger charge is -2.11. The Balaban J connectivity index is 3.00. The molecule has 0 fully saturated rings. The van der Waals surface area contributed by atoms with Crippen LogP contribution in [0.1, 0.15) is 25.3 Å². The molecule has 0 atom stereocenters. The molecule has 0 aliphatic rings. The molecule has 5 heteroatoms. The van der Waals surface area contributed by atoms with Crippen molar-refractivity contribution in [2.24, 2.45) is 5.73 Å². The predicted molar refractivity (Wildman–Crippen MR) is 79.5 cm³/mol. The quantitative estimate of drug-likeness (QED) is 0.639. The van der Waals surface area contributed by atoms with E-state index in [2.05, 4.69) is 19.2 Å². The monoisotopic (exact) mass is 275 g/mol. The van der Waals surface area contributed by atoms with E-state index in [4.69, 9.17) is 11.0 Å². The Morgan fingerprint density at radius 1 is 1.37 bits per heavy atom. The molecule has 0 aromatic heterocycles. The second-order valence-electron chi connectivity index (χ2n) is 4.29. The Hall–Kier alpha value is -1.93. The molecular formula is C14H17N3OS. The number of nitrogens with zero attached hydrogens (tertiary/aromatic N) is 1. The molecule has 1 rings (SSSR count). The van der Waals surface area contributed by atoms with Crippen molar-refractivity contribution in [1.29, 1.82) is 5.26 Å². The Morgan fingerprint density at radius 3 is 2.32 bits per heavy atom. The number of nitrogens with one attached hydrogen (secondary N) is 1. The van der Waals surface area contributed by atoms with Crippen LogP contribution in [0.3, 0.4) is 0 Å². The molecule has 0 aliphatic heterocycles. The van der Waals surface area contributed by atoms with Gasteiger partial charge in [0.2, 0.25) is 0 Å². The standard InChI is InChI=1S/C14H17N3OS/c1-9(2)10-4-6-11(7-5-10)17-14(19-3)12(8-15)13(16)18/h4-7,9,17H,1-3H3,(H2,16,18)/b14-12-. The first-order chi connectivity index (χ1) is 8.99. The highest BCUT2D eigenvalue weighted by Crippen LogP contribution is 2.22. The number of nitrogens with two attached hydrogens (primary N) is 1. The molecule has 0 bridgehead atoms. The molecule has 4 nitrogen and oxygen atoms in total. The van der Waals surface area contributed by atoms with Gasteiger partial charge in [-0.15, -0.1) is 11.8 Å². The number of hydrogen-bond donors (Lipinski definition) is 2.